The van der Waals surface area contributed by atoms with Crippen molar-refractivity contribution >= 4 is 21.6 Å². The van der Waals surface area contributed by atoms with Crippen LogP contribution in [0.15, 0.2) is 16.6 Å². The Hall–Kier alpha value is -0.720. The van der Waals surface area contributed by atoms with E-state index in [1.807, 2.05) is 7.05 Å². The molecule has 18 heavy (non-hydrogen) atoms. The van der Waals surface area contributed by atoms with Gasteiger partial charge in [0.2, 0.25) is 0 Å². The van der Waals surface area contributed by atoms with Crippen LogP contribution >= 0.6 is 15.9 Å². The molecule has 0 amide bonds. The normalized spacial score (nSPS) is 21.0. The fourth-order valence-corrected chi connectivity index (χ4v) is 2.19. The lowest BCUT2D eigenvalue weighted by molar-refractivity contribution is -0.0117. The Morgan fingerprint density at radius 2 is 2.22 bits per heavy atom. The second kappa shape index (κ2) is 5.95. The number of likely N-dealkylation sites (N-methyl/N-ethyl adjacent to an activating group) is 1. The molecule has 100 valence electrons. The second-order valence-electron chi connectivity index (χ2n) is 4.38. The number of halogens is 3. The minimum atomic E-state index is -0.486. The zero-order valence-corrected chi connectivity index (χ0v) is 11.6. The van der Waals surface area contributed by atoms with Crippen molar-refractivity contribution in [3.8, 4) is 0 Å². The Morgan fingerprint density at radius 1 is 1.44 bits per heavy atom. The van der Waals surface area contributed by atoms with Crippen molar-refractivity contribution in [3.05, 3.63) is 28.2 Å². The molecule has 1 saturated heterocycles. The van der Waals surface area contributed by atoms with Crippen LogP contribution in [-0.4, -0.2) is 44.3 Å². The Kier molecular flexibility index (Phi) is 4.53. The smallest absolute Gasteiger partial charge is 0.147 e. The van der Waals surface area contributed by atoms with E-state index in [0.29, 0.717) is 13.2 Å². The molecule has 1 aliphatic rings. The average Bonchev–Trinajstić information content (AvgIpc) is 2.32. The molecule has 0 spiro atoms. The number of nitrogens with zero attached hydrogens (tertiary/aromatic N) is 1. The van der Waals surface area contributed by atoms with Gasteiger partial charge in [0.15, 0.2) is 0 Å². The Balaban J connectivity index is 1.95. The van der Waals surface area contributed by atoms with Crippen molar-refractivity contribution in [2.45, 2.75) is 6.10 Å². The van der Waals surface area contributed by atoms with E-state index in [2.05, 4.69) is 26.1 Å². The lowest BCUT2D eigenvalue weighted by Crippen LogP contribution is -2.43. The first-order valence-corrected chi connectivity index (χ1v) is 6.54. The zero-order chi connectivity index (χ0) is 13.1. The molecular formula is C12H15BrF2N2O. The first kappa shape index (κ1) is 13.7. The SMILES string of the molecule is CN1CCOC(CNc2cc(F)c(Br)cc2F)C1. The molecule has 0 saturated carbocycles. The minimum absolute atomic E-state index is 0.00476. The van der Waals surface area contributed by atoms with Crippen LogP contribution in [0.25, 0.3) is 0 Å². The maximum Gasteiger partial charge on any atom is 0.147 e. The van der Waals surface area contributed by atoms with Crippen LogP contribution in [0.4, 0.5) is 14.5 Å². The third kappa shape index (κ3) is 3.40. The summed E-state index contributed by atoms with van der Waals surface area (Å²) in [5, 5.41) is 2.88. The molecule has 1 heterocycles. The quantitative estimate of drug-likeness (QED) is 0.866. The lowest BCUT2D eigenvalue weighted by Gasteiger charge is -2.30. The highest BCUT2D eigenvalue weighted by molar-refractivity contribution is 9.10. The molecule has 1 unspecified atom stereocenters. The molecule has 0 aliphatic carbocycles. The summed E-state index contributed by atoms with van der Waals surface area (Å²) in [6, 6.07) is 2.26. The second-order valence-corrected chi connectivity index (χ2v) is 5.24. The van der Waals surface area contributed by atoms with Crippen molar-refractivity contribution in [2.75, 3.05) is 38.6 Å². The summed E-state index contributed by atoms with van der Waals surface area (Å²) < 4.78 is 32.5. The van der Waals surface area contributed by atoms with Gasteiger partial charge >= 0.3 is 0 Å². The predicted octanol–water partition coefficient (Wildman–Crippen LogP) is 2.47. The molecule has 1 aromatic rings. The monoisotopic (exact) mass is 320 g/mol. The van der Waals surface area contributed by atoms with E-state index in [-0.39, 0.29) is 16.3 Å². The molecule has 0 aromatic heterocycles. The van der Waals surface area contributed by atoms with Crippen LogP contribution in [0.3, 0.4) is 0 Å². The minimum Gasteiger partial charge on any atom is -0.380 e. The lowest BCUT2D eigenvalue weighted by atomic mass is 10.2. The topological polar surface area (TPSA) is 24.5 Å². The zero-order valence-electron chi connectivity index (χ0n) is 10.0. The largest absolute Gasteiger partial charge is 0.380 e. The van der Waals surface area contributed by atoms with Crippen molar-refractivity contribution in [1.29, 1.82) is 0 Å². The van der Waals surface area contributed by atoms with Gasteiger partial charge in [-0.15, -0.1) is 0 Å². The summed E-state index contributed by atoms with van der Waals surface area (Å²) in [6.07, 6.45) is -0.00476. The van der Waals surface area contributed by atoms with Gasteiger partial charge in [0.05, 0.1) is 22.9 Å². The van der Waals surface area contributed by atoms with E-state index < -0.39 is 11.6 Å². The van der Waals surface area contributed by atoms with E-state index in [9.17, 15) is 8.78 Å². The van der Waals surface area contributed by atoms with E-state index in [4.69, 9.17) is 4.74 Å². The van der Waals surface area contributed by atoms with E-state index in [0.717, 1.165) is 25.2 Å². The number of benzene rings is 1. The molecule has 1 aliphatic heterocycles. The van der Waals surface area contributed by atoms with Crippen LogP contribution in [-0.2, 0) is 4.74 Å². The first-order valence-electron chi connectivity index (χ1n) is 5.75. The summed E-state index contributed by atoms with van der Waals surface area (Å²) in [4.78, 5) is 2.15. The van der Waals surface area contributed by atoms with Crippen LogP contribution in [0, 0.1) is 11.6 Å². The third-order valence-electron chi connectivity index (χ3n) is 2.87. The van der Waals surface area contributed by atoms with Gasteiger partial charge < -0.3 is 15.0 Å². The molecule has 6 heteroatoms. The fraction of sp³-hybridized carbons (Fsp3) is 0.500. The van der Waals surface area contributed by atoms with Gasteiger partial charge in [-0.05, 0) is 29.0 Å². The average molecular weight is 321 g/mol. The van der Waals surface area contributed by atoms with E-state index >= 15 is 0 Å². The van der Waals surface area contributed by atoms with Gasteiger partial charge in [0.25, 0.3) is 0 Å². The highest BCUT2D eigenvalue weighted by atomic mass is 79.9. The van der Waals surface area contributed by atoms with Crippen LogP contribution in [0.5, 0.6) is 0 Å². The number of hydrogen-bond acceptors (Lipinski definition) is 3. The van der Waals surface area contributed by atoms with Gasteiger partial charge in [-0.3, -0.25) is 0 Å². The van der Waals surface area contributed by atoms with Crippen LogP contribution in [0.1, 0.15) is 0 Å². The standard InChI is InChI=1S/C12H15BrF2N2O/c1-17-2-3-18-8(7-17)6-16-12-5-10(14)9(13)4-11(12)15/h4-5,8,16H,2-3,6-7H2,1H3. The van der Waals surface area contributed by atoms with E-state index in [1.165, 1.54) is 0 Å². The number of ether oxygens (including phenoxy) is 1. The number of hydrogen-bond donors (Lipinski definition) is 1. The Bertz CT molecular complexity index is 431. The summed E-state index contributed by atoms with van der Waals surface area (Å²) in [5.74, 6) is -0.965. The fourth-order valence-electron chi connectivity index (χ4n) is 1.87. The first-order chi connectivity index (χ1) is 8.56. The Labute approximate surface area is 113 Å². The van der Waals surface area contributed by atoms with Gasteiger partial charge in [-0.1, -0.05) is 0 Å². The maximum atomic E-state index is 13.6. The van der Waals surface area contributed by atoms with Gasteiger partial charge in [-0.2, -0.15) is 0 Å². The number of rotatable bonds is 3. The summed E-state index contributed by atoms with van der Waals surface area (Å²) in [6.45, 7) is 2.81. The highest BCUT2D eigenvalue weighted by Gasteiger charge is 2.18. The van der Waals surface area contributed by atoms with Crippen molar-refractivity contribution in [3.63, 3.8) is 0 Å². The molecule has 2 rings (SSSR count). The number of anilines is 1. The van der Waals surface area contributed by atoms with Gasteiger partial charge in [-0.25, -0.2) is 8.78 Å². The predicted molar refractivity (Wildman–Crippen MR) is 69.8 cm³/mol. The van der Waals surface area contributed by atoms with Crippen molar-refractivity contribution in [2.24, 2.45) is 0 Å². The summed E-state index contributed by atoms with van der Waals surface area (Å²) in [5.41, 5.74) is 0.160. The van der Waals surface area contributed by atoms with Crippen molar-refractivity contribution in [1.82, 2.24) is 4.90 Å². The number of morpholine rings is 1. The molecular weight excluding hydrogens is 306 g/mol. The summed E-state index contributed by atoms with van der Waals surface area (Å²) in [7, 11) is 2.01. The molecule has 0 radical (unpaired) electrons. The van der Waals surface area contributed by atoms with Crippen LogP contribution < -0.4 is 5.32 Å². The third-order valence-corrected chi connectivity index (χ3v) is 3.48. The molecule has 1 atom stereocenters. The summed E-state index contributed by atoms with van der Waals surface area (Å²) >= 11 is 2.94. The molecule has 1 fully saturated rings. The molecule has 1 N–H and O–H groups in total. The van der Waals surface area contributed by atoms with Crippen molar-refractivity contribution < 1.29 is 13.5 Å². The molecule has 0 bridgehead atoms. The van der Waals surface area contributed by atoms with Gasteiger partial charge in [0, 0.05) is 25.7 Å². The van der Waals surface area contributed by atoms with Gasteiger partial charge in [0.1, 0.15) is 11.6 Å². The van der Waals surface area contributed by atoms with E-state index in [1.54, 1.807) is 0 Å². The molecule has 1 aromatic carbocycles. The molecule has 3 nitrogen and oxygen atoms in total. The maximum absolute atomic E-state index is 13.6. The van der Waals surface area contributed by atoms with Crippen LogP contribution in [0.2, 0.25) is 0 Å². The number of nitrogens with one attached hydrogen (secondary N) is 1. The highest BCUT2D eigenvalue weighted by Crippen LogP contribution is 2.23. The Morgan fingerprint density at radius 3 is 2.94 bits per heavy atom.